The molecule has 1 aromatic heterocycles. The molecule has 1 heterocycles. The Morgan fingerprint density at radius 1 is 1.35 bits per heavy atom. The van der Waals surface area contributed by atoms with Gasteiger partial charge in [0.15, 0.2) is 0 Å². The number of amides is 1. The fourth-order valence-electron chi connectivity index (χ4n) is 2.01. The second-order valence-corrected chi connectivity index (χ2v) is 4.99. The summed E-state index contributed by atoms with van der Waals surface area (Å²) in [6, 6.07) is 10.0. The lowest BCUT2D eigenvalue weighted by atomic mass is 10.0. The highest BCUT2D eigenvalue weighted by atomic mass is 16.1. The van der Waals surface area contributed by atoms with Gasteiger partial charge < -0.3 is 15.2 Å². The summed E-state index contributed by atoms with van der Waals surface area (Å²) in [6.07, 6.45) is 3.90. The maximum absolute atomic E-state index is 12.1. The molecule has 5 heteroatoms. The molecule has 0 radical (unpaired) electrons. The number of rotatable bonds is 6. The number of nitrogens with zero attached hydrogens (tertiary/aromatic N) is 2. The summed E-state index contributed by atoms with van der Waals surface area (Å²) in [5.74, 6) is -0.130. The van der Waals surface area contributed by atoms with Crippen molar-refractivity contribution in [2.24, 2.45) is 0 Å². The Hall–Kier alpha value is -2.14. The first-order chi connectivity index (χ1) is 9.66. The van der Waals surface area contributed by atoms with Crippen LogP contribution in [0.5, 0.6) is 0 Å². The predicted molar refractivity (Wildman–Crippen MR) is 78.4 cm³/mol. The first-order valence-corrected chi connectivity index (χ1v) is 6.65. The summed E-state index contributed by atoms with van der Waals surface area (Å²) >= 11 is 0. The summed E-state index contributed by atoms with van der Waals surface area (Å²) in [5, 5.41) is 3.05. The van der Waals surface area contributed by atoms with Crippen LogP contribution in [0.25, 0.3) is 0 Å². The van der Waals surface area contributed by atoms with Crippen LogP contribution in [0.2, 0.25) is 0 Å². The van der Waals surface area contributed by atoms with Crippen LogP contribution in [0.15, 0.2) is 42.9 Å². The Balaban J connectivity index is 2.08. The van der Waals surface area contributed by atoms with Crippen LogP contribution in [0, 0.1) is 0 Å². The van der Waals surface area contributed by atoms with E-state index in [0.29, 0.717) is 5.69 Å². The highest BCUT2D eigenvalue weighted by Crippen LogP contribution is 2.17. The fraction of sp³-hybridized carbons (Fsp3) is 0.333. The molecule has 1 unspecified atom stereocenters. The summed E-state index contributed by atoms with van der Waals surface area (Å²) in [5.41, 5.74) is 1.60. The molecule has 1 aromatic carbocycles. The third-order valence-corrected chi connectivity index (χ3v) is 3.12. The molecule has 0 aliphatic carbocycles. The highest BCUT2D eigenvalue weighted by Gasteiger charge is 2.16. The summed E-state index contributed by atoms with van der Waals surface area (Å²) < 4.78 is 0. The second-order valence-electron chi connectivity index (χ2n) is 4.99. The summed E-state index contributed by atoms with van der Waals surface area (Å²) in [4.78, 5) is 20.9. The van der Waals surface area contributed by atoms with E-state index in [1.54, 1.807) is 0 Å². The van der Waals surface area contributed by atoms with Crippen molar-refractivity contribution in [1.29, 1.82) is 0 Å². The van der Waals surface area contributed by atoms with Crippen LogP contribution in [0.1, 0.15) is 28.5 Å². The Labute approximate surface area is 119 Å². The minimum Gasteiger partial charge on any atom is -0.344 e. The van der Waals surface area contributed by atoms with E-state index in [4.69, 9.17) is 0 Å². The number of carbonyl (C=O) groups excluding carboxylic acids is 1. The van der Waals surface area contributed by atoms with Gasteiger partial charge in [0.1, 0.15) is 5.69 Å². The number of hydrogen-bond acceptors (Lipinski definition) is 3. The molecular weight excluding hydrogens is 252 g/mol. The second kappa shape index (κ2) is 6.86. The first-order valence-electron chi connectivity index (χ1n) is 6.65. The molecule has 0 saturated carbocycles. The van der Waals surface area contributed by atoms with Gasteiger partial charge in [-0.3, -0.25) is 4.79 Å². The Morgan fingerprint density at radius 3 is 2.70 bits per heavy atom. The molecule has 0 spiro atoms. The normalized spacial score (nSPS) is 12.3. The number of carbonyl (C=O) groups is 1. The third-order valence-electron chi connectivity index (χ3n) is 3.12. The number of aromatic nitrogens is 2. The van der Waals surface area contributed by atoms with Gasteiger partial charge in [-0.1, -0.05) is 30.3 Å². The van der Waals surface area contributed by atoms with Gasteiger partial charge in [-0.25, -0.2) is 4.98 Å². The van der Waals surface area contributed by atoms with Gasteiger partial charge in [0.2, 0.25) is 0 Å². The molecule has 2 rings (SSSR count). The van der Waals surface area contributed by atoms with Gasteiger partial charge in [-0.15, -0.1) is 0 Å². The predicted octanol–water partition coefficient (Wildman–Crippen LogP) is 1.83. The molecule has 2 aromatic rings. The molecule has 0 aliphatic heterocycles. The maximum atomic E-state index is 12.1. The standard InChI is InChI=1S/C15H20N4O/c1-19(2)9-8-13(12-6-4-3-5-7-12)18-15(20)14-10-16-11-17-14/h3-7,10-11,13H,8-9H2,1-2H3,(H,16,17)(H,18,20). The maximum Gasteiger partial charge on any atom is 0.269 e. The first kappa shape index (κ1) is 14.3. The van der Waals surface area contributed by atoms with Crippen molar-refractivity contribution in [3.63, 3.8) is 0 Å². The van der Waals surface area contributed by atoms with Gasteiger partial charge in [0.25, 0.3) is 5.91 Å². The van der Waals surface area contributed by atoms with Crippen LogP contribution in [-0.4, -0.2) is 41.4 Å². The number of aromatic amines is 1. The molecule has 1 amide bonds. The zero-order valence-corrected chi connectivity index (χ0v) is 11.8. The number of H-pyrrole nitrogens is 1. The molecule has 5 nitrogen and oxygen atoms in total. The lowest BCUT2D eigenvalue weighted by molar-refractivity contribution is 0.0928. The van der Waals surface area contributed by atoms with Crippen molar-refractivity contribution < 1.29 is 4.79 Å². The molecule has 0 fully saturated rings. The smallest absolute Gasteiger partial charge is 0.269 e. The number of benzene rings is 1. The van der Waals surface area contributed by atoms with E-state index in [0.717, 1.165) is 18.5 Å². The minimum atomic E-state index is -0.130. The Morgan fingerprint density at radius 2 is 2.10 bits per heavy atom. The zero-order valence-electron chi connectivity index (χ0n) is 11.8. The van der Waals surface area contributed by atoms with Crippen molar-refractivity contribution in [3.8, 4) is 0 Å². The number of hydrogen-bond donors (Lipinski definition) is 2. The third kappa shape index (κ3) is 3.93. The largest absolute Gasteiger partial charge is 0.344 e. The van der Waals surface area contributed by atoms with Crippen molar-refractivity contribution in [2.75, 3.05) is 20.6 Å². The molecule has 106 valence electrons. The van der Waals surface area contributed by atoms with Crippen LogP contribution in [0.4, 0.5) is 0 Å². The van der Waals surface area contributed by atoms with Gasteiger partial charge in [-0.05, 0) is 32.6 Å². The van der Waals surface area contributed by atoms with E-state index in [1.807, 2.05) is 44.4 Å². The molecule has 0 bridgehead atoms. The number of nitrogens with one attached hydrogen (secondary N) is 2. The number of imidazole rings is 1. The van der Waals surface area contributed by atoms with Gasteiger partial charge in [0, 0.05) is 0 Å². The highest BCUT2D eigenvalue weighted by molar-refractivity contribution is 5.92. The van der Waals surface area contributed by atoms with Crippen LogP contribution in [-0.2, 0) is 0 Å². The summed E-state index contributed by atoms with van der Waals surface area (Å²) in [6.45, 7) is 0.906. The molecular formula is C15H20N4O. The van der Waals surface area contributed by atoms with Crippen molar-refractivity contribution in [1.82, 2.24) is 20.2 Å². The van der Waals surface area contributed by atoms with Crippen LogP contribution < -0.4 is 5.32 Å². The van der Waals surface area contributed by atoms with E-state index in [-0.39, 0.29) is 11.9 Å². The van der Waals surface area contributed by atoms with Crippen LogP contribution >= 0.6 is 0 Å². The lowest BCUT2D eigenvalue weighted by Gasteiger charge is -2.21. The van der Waals surface area contributed by atoms with Gasteiger partial charge >= 0.3 is 0 Å². The quantitative estimate of drug-likeness (QED) is 0.843. The molecule has 20 heavy (non-hydrogen) atoms. The van der Waals surface area contributed by atoms with Gasteiger partial charge in [-0.2, -0.15) is 0 Å². The van der Waals surface area contributed by atoms with E-state index >= 15 is 0 Å². The summed E-state index contributed by atoms with van der Waals surface area (Å²) in [7, 11) is 4.05. The Kier molecular flexibility index (Phi) is 4.90. The fourth-order valence-corrected chi connectivity index (χ4v) is 2.01. The molecule has 2 N–H and O–H groups in total. The van der Waals surface area contributed by atoms with Crippen molar-refractivity contribution in [3.05, 3.63) is 54.1 Å². The van der Waals surface area contributed by atoms with Crippen LogP contribution in [0.3, 0.4) is 0 Å². The molecule has 0 saturated heterocycles. The SMILES string of the molecule is CN(C)CCC(NC(=O)c1cnc[nH]1)c1ccccc1. The van der Waals surface area contributed by atoms with E-state index in [1.165, 1.54) is 12.5 Å². The monoisotopic (exact) mass is 272 g/mol. The van der Waals surface area contributed by atoms with E-state index < -0.39 is 0 Å². The average molecular weight is 272 g/mol. The molecule has 0 aliphatic rings. The van der Waals surface area contributed by atoms with Gasteiger partial charge in [0.05, 0.1) is 18.6 Å². The lowest BCUT2D eigenvalue weighted by Crippen LogP contribution is -2.31. The van der Waals surface area contributed by atoms with Crippen molar-refractivity contribution >= 4 is 5.91 Å². The zero-order chi connectivity index (χ0) is 14.4. The van der Waals surface area contributed by atoms with E-state index in [2.05, 4.69) is 20.2 Å². The topological polar surface area (TPSA) is 61.0 Å². The molecule has 1 atom stereocenters. The minimum absolute atomic E-state index is 0.00519. The van der Waals surface area contributed by atoms with E-state index in [9.17, 15) is 4.79 Å². The Bertz CT molecular complexity index is 522. The van der Waals surface area contributed by atoms with Crippen molar-refractivity contribution in [2.45, 2.75) is 12.5 Å². The average Bonchev–Trinajstić information content (AvgIpc) is 2.98.